The van der Waals surface area contributed by atoms with Gasteiger partial charge in [-0.05, 0) is 12.1 Å². The number of benzene rings is 1. The second kappa shape index (κ2) is 3.90. The molecule has 2 N–H and O–H groups in total. The lowest BCUT2D eigenvalue weighted by molar-refractivity contribution is -0.154. The molecule has 0 aliphatic heterocycles. The van der Waals surface area contributed by atoms with E-state index in [0.717, 1.165) is 0 Å². The molecule has 15 heavy (non-hydrogen) atoms. The normalized spacial score (nSPS) is 16.9. The number of esters is 1. The Morgan fingerprint density at radius 1 is 1.33 bits per heavy atom. The maximum Gasteiger partial charge on any atom is 0.351 e. The van der Waals surface area contributed by atoms with Crippen LogP contribution in [0.2, 0.25) is 0 Å². The molecule has 1 saturated carbocycles. The maximum absolute atomic E-state index is 11.5. The molecule has 4 nitrogen and oxygen atoms in total. The third kappa shape index (κ3) is 2.10. The number of para-hydroxylation sites is 1. The number of nitrogens with two attached hydrogens (primary N) is 1. The first-order valence-corrected chi connectivity index (χ1v) is 4.88. The van der Waals surface area contributed by atoms with Crippen molar-refractivity contribution in [3.63, 3.8) is 0 Å². The summed E-state index contributed by atoms with van der Waals surface area (Å²) < 4.78 is 10.4. The van der Waals surface area contributed by atoms with Gasteiger partial charge in [0, 0.05) is 12.8 Å². The molecule has 80 valence electrons. The third-order valence-electron chi connectivity index (χ3n) is 2.35. The highest BCUT2D eigenvalue weighted by molar-refractivity contribution is 5.83. The van der Waals surface area contributed by atoms with Crippen molar-refractivity contribution in [3.8, 4) is 5.75 Å². The van der Waals surface area contributed by atoms with Crippen LogP contribution < -0.4 is 10.5 Å². The predicted octanol–water partition coefficient (Wildman–Crippen LogP) is 1.06. The fourth-order valence-corrected chi connectivity index (χ4v) is 1.38. The molecule has 0 amide bonds. The van der Waals surface area contributed by atoms with E-state index in [1.54, 1.807) is 0 Å². The smallest absolute Gasteiger partial charge is 0.351 e. The lowest BCUT2D eigenvalue weighted by atomic mass is 10.3. The van der Waals surface area contributed by atoms with Crippen molar-refractivity contribution >= 4 is 5.97 Å². The van der Waals surface area contributed by atoms with Gasteiger partial charge in [-0.15, -0.1) is 0 Å². The zero-order chi connectivity index (χ0) is 10.7. The van der Waals surface area contributed by atoms with Gasteiger partial charge >= 0.3 is 5.97 Å². The molecule has 1 aliphatic rings. The minimum atomic E-state index is -0.777. The van der Waals surface area contributed by atoms with Gasteiger partial charge in [-0.25, -0.2) is 4.79 Å². The van der Waals surface area contributed by atoms with E-state index >= 15 is 0 Å². The van der Waals surface area contributed by atoms with Crippen molar-refractivity contribution in [2.24, 2.45) is 5.73 Å². The SMILES string of the molecule is NCOC(=O)C1(Oc2ccccc2)CC1. The molecule has 4 heteroatoms. The molecule has 0 saturated heterocycles. The molecule has 1 aliphatic carbocycles. The number of hydrogen-bond acceptors (Lipinski definition) is 4. The average molecular weight is 207 g/mol. The average Bonchev–Trinajstić information content (AvgIpc) is 3.01. The van der Waals surface area contributed by atoms with E-state index in [2.05, 4.69) is 0 Å². The Labute approximate surface area is 88.0 Å². The van der Waals surface area contributed by atoms with E-state index in [1.807, 2.05) is 30.3 Å². The zero-order valence-corrected chi connectivity index (χ0v) is 8.31. The van der Waals surface area contributed by atoms with Crippen LogP contribution in [0.1, 0.15) is 12.8 Å². The van der Waals surface area contributed by atoms with Crippen molar-refractivity contribution in [3.05, 3.63) is 30.3 Å². The largest absolute Gasteiger partial charge is 0.476 e. The summed E-state index contributed by atoms with van der Waals surface area (Å²) in [6.45, 7) is -0.0985. The van der Waals surface area contributed by atoms with Crippen molar-refractivity contribution in [1.82, 2.24) is 0 Å². The lowest BCUT2D eigenvalue weighted by Gasteiger charge is -2.15. The van der Waals surface area contributed by atoms with Gasteiger partial charge in [0.25, 0.3) is 0 Å². The Morgan fingerprint density at radius 2 is 2.00 bits per heavy atom. The quantitative estimate of drug-likeness (QED) is 0.592. The van der Waals surface area contributed by atoms with Gasteiger partial charge in [0.2, 0.25) is 5.60 Å². The van der Waals surface area contributed by atoms with Crippen LogP contribution in [0.25, 0.3) is 0 Å². The Hall–Kier alpha value is -1.55. The van der Waals surface area contributed by atoms with Crippen LogP contribution in [0.15, 0.2) is 30.3 Å². The standard InChI is InChI=1S/C11H13NO3/c12-8-14-10(13)11(6-7-11)15-9-4-2-1-3-5-9/h1-5H,6-8,12H2. The number of carbonyl (C=O) groups is 1. The van der Waals surface area contributed by atoms with Gasteiger partial charge in [-0.1, -0.05) is 18.2 Å². The molecule has 0 bridgehead atoms. The molecule has 0 atom stereocenters. The highest BCUT2D eigenvalue weighted by Gasteiger charge is 2.54. The molecule has 1 aromatic carbocycles. The summed E-state index contributed by atoms with van der Waals surface area (Å²) in [5.41, 5.74) is 4.37. The van der Waals surface area contributed by atoms with Gasteiger partial charge in [-0.2, -0.15) is 0 Å². The highest BCUT2D eigenvalue weighted by atomic mass is 16.6. The summed E-state index contributed by atoms with van der Waals surface area (Å²) >= 11 is 0. The zero-order valence-electron chi connectivity index (χ0n) is 8.31. The van der Waals surface area contributed by atoms with E-state index in [1.165, 1.54) is 0 Å². The Balaban J connectivity index is 2.03. The first-order valence-electron chi connectivity index (χ1n) is 4.88. The number of hydrogen-bond donors (Lipinski definition) is 1. The Bertz CT molecular complexity index is 346. The lowest BCUT2D eigenvalue weighted by Crippen LogP contribution is -2.33. The minimum Gasteiger partial charge on any atom is -0.476 e. The summed E-state index contributed by atoms with van der Waals surface area (Å²) in [7, 11) is 0. The monoisotopic (exact) mass is 207 g/mol. The molecule has 0 unspecified atom stereocenters. The van der Waals surface area contributed by atoms with E-state index in [-0.39, 0.29) is 12.7 Å². The molecule has 2 rings (SSSR count). The molecule has 0 spiro atoms. The highest BCUT2D eigenvalue weighted by Crippen LogP contribution is 2.41. The summed E-state index contributed by atoms with van der Waals surface area (Å²) in [6, 6.07) is 9.25. The van der Waals surface area contributed by atoms with Crippen LogP contribution in [0.3, 0.4) is 0 Å². The van der Waals surface area contributed by atoms with Gasteiger partial charge in [0.15, 0.2) is 0 Å². The van der Waals surface area contributed by atoms with Gasteiger partial charge in [0.1, 0.15) is 12.5 Å². The fraction of sp³-hybridized carbons (Fsp3) is 0.364. The maximum atomic E-state index is 11.5. The number of ether oxygens (including phenoxy) is 2. The van der Waals surface area contributed by atoms with Gasteiger partial charge in [0.05, 0.1) is 0 Å². The summed E-state index contributed by atoms with van der Waals surface area (Å²) in [4.78, 5) is 11.5. The molecular weight excluding hydrogens is 194 g/mol. The first-order chi connectivity index (χ1) is 7.27. The van der Waals surface area contributed by atoms with E-state index in [4.69, 9.17) is 15.2 Å². The Kier molecular flexibility index (Phi) is 2.60. The van der Waals surface area contributed by atoms with Crippen LogP contribution >= 0.6 is 0 Å². The second-order valence-corrected chi connectivity index (χ2v) is 3.51. The topological polar surface area (TPSA) is 61.5 Å². The molecular formula is C11H13NO3. The second-order valence-electron chi connectivity index (χ2n) is 3.51. The van der Waals surface area contributed by atoms with E-state index < -0.39 is 5.60 Å². The number of carbonyl (C=O) groups excluding carboxylic acids is 1. The van der Waals surface area contributed by atoms with E-state index in [9.17, 15) is 4.79 Å². The van der Waals surface area contributed by atoms with Crippen LogP contribution in [0, 0.1) is 0 Å². The van der Waals surface area contributed by atoms with Crippen molar-refractivity contribution < 1.29 is 14.3 Å². The first kappa shape index (κ1) is 9.98. The minimum absolute atomic E-state index is 0.0985. The van der Waals surface area contributed by atoms with Crippen LogP contribution in [0.4, 0.5) is 0 Å². The van der Waals surface area contributed by atoms with Crippen LogP contribution in [-0.4, -0.2) is 18.3 Å². The Morgan fingerprint density at radius 3 is 2.53 bits per heavy atom. The van der Waals surface area contributed by atoms with E-state index in [0.29, 0.717) is 18.6 Å². The van der Waals surface area contributed by atoms with Crippen molar-refractivity contribution in [2.75, 3.05) is 6.73 Å². The summed E-state index contributed by atoms with van der Waals surface area (Å²) in [6.07, 6.45) is 1.39. The van der Waals surface area contributed by atoms with Crippen molar-refractivity contribution in [2.45, 2.75) is 18.4 Å². The molecule has 1 aromatic rings. The molecule has 0 heterocycles. The van der Waals surface area contributed by atoms with Gasteiger partial charge in [-0.3, -0.25) is 5.73 Å². The molecule has 0 radical (unpaired) electrons. The third-order valence-corrected chi connectivity index (χ3v) is 2.35. The van der Waals surface area contributed by atoms with Crippen molar-refractivity contribution in [1.29, 1.82) is 0 Å². The summed E-state index contributed by atoms with van der Waals surface area (Å²) in [5, 5.41) is 0. The molecule has 0 aromatic heterocycles. The van der Waals surface area contributed by atoms with Gasteiger partial charge < -0.3 is 9.47 Å². The number of rotatable bonds is 4. The summed E-state index contributed by atoms with van der Waals surface area (Å²) in [5.74, 6) is 0.317. The predicted molar refractivity (Wildman–Crippen MR) is 54.2 cm³/mol. The van der Waals surface area contributed by atoms with Crippen LogP contribution in [0.5, 0.6) is 5.75 Å². The van der Waals surface area contributed by atoms with Crippen LogP contribution in [-0.2, 0) is 9.53 Å². The molecule has 1 fully saturated rings. The fourth-order valence-electron chi connectivity index (χ4n) is 1.38.